The zero-order valence-corrected chi connectivity index (χ0v) is 17.3. The number of ether oxygens (including phenoxy) is 1. The van der Waals surface area contributed by atoms with Crippen molar-refractivity contribution in [1.82, 2.24) is 15.5 Å². The summed E-state index contributed by atoms with van der Waals surface area (Å²) in [7, 11) is 0. The lowest BCUT2D eigenvalue weighted by Gasteiger charge is -2.28. The molecule has 7 heteroatoms. The van der Waals surface area contributed by atoms with Crippen LogP contribution in [0.1, 0.15) is 51.8 Å². The van der Waals surface area contributed by atoms with Crippen LogP contribution in [0, 0.1) is 19.4 Å². The van der Waals surface area contributed by atoms with Gasteiger partial charge in [-0.2, -0.15) is 0 Å². The maximum Gasteiger partial charge on any atom is 0.408 e. The average molecular weight is 387 g/mol. The fraction of sp³-hybridized carbons (Fsp3) is 0.476. The van der Waals surface area contributed by atoms with E-state index in [1.165, 1.54) is 0 Å². The SMILES string of the molecule is C#CN(C(=O)CNC(=O)OC(C)(C)C)C(C(=O)NC(C)C)c1ccccc1C. The van der Waals surface area contributed by atoms with Crippen molar-refractivity contribution in [3.8, 4) is 12.5 Å². The van der Waals surface area contributed by atoms with Gasteiger partial charge in [-0.15, -0.1) is 0 Å². The first-order valence-corrected chi connectivity index (χ1v) is 9.07. The van der Waals surface area contributed by atoms with Crippen LogP contribution in [0.4, 0.5) is 4.79 Å². The van der Waals surface area contributed by atoms with E-state index in [9.17, 15) is 14.4 Å². The van der Waals surface area contributed by atoms with Crippen molar-refractivity contribution in [1.29, 1.82) is 0 Å². The Bertz CT molecular complexity index is 760. The number of alkyl carbamates (subject to hydrolysis) is 1. The average Bonchev–Trinajstić information content (AvgIpc) is 2.56. The summed E-state index contributed by atoms with van der Waals surface area (Å²) in [4.78, 5) is 38.3. The van der Waals surface area contributed by atoms with Crippen LogP contribution in [0.3, 0.4) is 0 Å². The maximum absolute atomic E-state index is 12.8. The number of rotatable bonds is 6. The number of hydrogen-bond donors (Lipinski definition) is 2. The molecule has 1 aromatic carbocycles. The van der Waals surface area contributed by atoms with Crippen LogP contribution in [0.25, 0.3) is 0 Å². The molecule has 1 atom stereocenters. The second-order valence-corrected chi connectivity index (χ2v) is 7.67. The predicted molar refractivity (Wildman–Crippen MR) is 107 cm³/mol. The Morgan fingerprint density at radius 2 is 1.82 bits per heavy atom. The Hall–Kier alpha value is -3.01. The van der Waals surface area contributed by atoms with Crippen molar-refractivity contribution >= 4 is 17.9 Å². The third kappa shape index (κ3) is 6.95. The zero-order valence-electron chi connectivity index (χ0n) is 17.3. The lowest BCUT2D eigenvalue weighted by Crippen LogP contribution is -2.47. The van der Waals surface area contributed by atoms with E-state index in [0.29, 0.717) is 5.56 Å². The molecule has 0 bridgehead atoms. The van der Waals surface area contributed by atoms with Crippen molar-refractivity contribution in [2.24, 2.45) is 0 Å². The molecule has 152 valence electrons. The molecule has 0 fully saturated rings. The summed E-state index contributed by atoms with van der Waals surface area (Å²) in [5.74, 6) is -0.992. The lowest BCUT2D eigenvalue weighted by atomic mass is 9.99. The minimum Gasteiger partial charge on any atom is -0.444 e. The summed E-state index contributed by atoms with van der Waals surface area (Å²) in [5, 5.41) is 5.17. The molecule has 0 aliphatic rings. The van der Waals surface area contributed by atoms with E-state index < -0.39 is 36.1 Å². The summed E-state index contributed by atoms with van der Waals surface area (Å²) in [6.07, 6.45) is 4.83. The van der Waals surface area contributed by atoms with Crippen LogP contribution in [0.5, 0.6) is 0 Å². The summed E-state index contributed by atoms with van der Waals surface area (Å²) in [6, 6.07) is 8.34. The summed E-state index contributed by atoms with van der Waals surface area (Å²) < 4.78 is 5.11. The Balaban J connectivity index is 3.07. The highest BCUT2D eigenvalue weighted by Crippen LogP contribution is 2.24. The Labute approximate surface area is 166 Å². The van der Waals surface area contributed by atoms with Crippen molar-refractivity contribution < 1.29 is 19.1 Å². The zero-order chi connectivity index (χ0) is 21.5. The lowest BCUT2D eigenvalue weighted by molar-refractivity contribution is -0.136. The number of hydrogen-bond acceptors (Lipinski definition) is 4. The molecule has 1 aromatic rings. The van der Waals surface area contributed by atoms with E-state index in [4.69, 9.17) is 11.2 Å². The quantitative estimate of drug-likeness (QED) is 0.580. The van der Waals surface area contributed by atoms with Gasteiger partial charge in [0.15, 0.2) is 0 Å². The van der Waals surface area contributed by atoms with Crippen LogP contribution in [0.2, 0.25) is 0 Å². The molecule has 7 nitrogen and oxygen atoms in total. The summed E-state index contributed by atoms with van der Waals surface area (Å²) >= 11 is 0. The predicted octanol–water partition coefficient (Wildman–Crippen LogP) is 2.50. The van der Waals surface area contributed by atoms with Gasteiger partial charge in [-0.3, -0.25) is 14.5 Å². The molecule has 0 aliphatic carbocycles. The highest BCUT2D eigenvalue weighted by Gasteiger charge is 2.32. The first kappa shape index (κ1) is 23.0. The third-order valence-electron chi connectivity index (χ3n) is 3.61. The highest BCUT2D eigenvalue weighted by atomic mass is 16.6. The molecule has 28 heavy (non-hydrogen) atoms. The normalized spacial score (nSPS) is 11.9. The fourth-order valence-electron chi connectivity index (χ4n) is 2.49. The maximum atomic E-state index is 12.8. The second-order valence-electron chi connectivity index (χ2n) is 7.67. The van der Waals surface area contributed by atoms with E-state index in [-0.39, 0.29) is 6.04 Å². The summed E-state index contributed by atoms with van der Waals surface area (Å²) in [5.41, 5.74) is 0.739. The number of carbonyl (C=O) groups is 3. The van der Waals surface area contributed by atoms with Crippen LogP contribution < -0.4 is 10.6 Å². The smallest absolute Gasteiger partial charge is 0.408 e. The second kappa shape index (κ2) is 9.79. The van der Waals surface area contributed by atoms with Gasteiger partial charge in [0.25, 0.3) is 5.91 Å². The number of nitrogens with zero attached hydrogens (tertiary/aromatic N) is 1. The van der Waals surface area contributed by atoms with Crippen molar-refractivity contribution in [2.75, 3.05) is 6.54 Å². The van der Waals surface area contributed by atoms with Gasteiger partial charge in [-0.05, 0) is 52.7 Å². The minimum atomic E-state index is -1.01. The van der Waals surface area contributed by atoms with Crippen LogP contribution in [-0.2, 0) is 14.3 Å². The fourth-order valence-corrected chi connectivity index (χ4v) is 2.49. The van der Waals surface area contributed by atoms with E-state index >= 15 is 0 Å². The number of terminal acetylenes is 1. The van der Waals surface area contributed by atoms with E-state index in [0.717, 1.165) is 10.5 Å². The number of benzene rings is 1. The van der Waals surface area contributed by atoms with Crippen LogP contribution in [0.15, 0.2) is 24.3 Å². The molecule has 0 aliphatic heterocycles. The van der Waals surface area contributed by atoms with Gasteiger partial charge in [0.1, 0.15) is 18.2 Å². The van der Waals surface area contributed by atoms with Gasteiger partial charge in [0.05, 0.1) is 0 Å². The molecule has 0 aromatic heterocycles. The molecule has 1 unspecified atom stereocenters. The van der Waals surface area contributed by atoms with Crippen molar-refractivity contribution in [3.63, 3.8) is 0 Å². The van der Waals surface area contributed by atoms with Gasteiger partial charge in [-0.25, -0.2) is 4.79 Å². The molecule has 1 rings (SSSR count). The van der Waals surface area contributed by atoms with Gasteiger partial charge in [0.2, 0.25) is 5.91 Å². The number of carbonyl (C=O) groups excluding carboxylic acids is 3. The van der Waals surface area contributed by atoms with Gasteiger partial charge >= 0.3 is 6.09 Å². The van der Waals surface area contributed by atoms with E-state index in [1.54, 1.807) is 32.9 Å². The number of aryl methyl sites for hydroxylation is 1. The molecule has 0 heterocycles. The van der Waals surface area contributed by atoms with Gasteiger partial charge in [0, 0.05) is 12.1 Å². The first-order valence-electron chi connectivity index (χ1n) is 9.07. The van der Waals surface area contributed by atoms with Crippen LogP contribution >= 0.6 is 0 Å². The molecule has 3 amide bonds. The van der Waals surface area contributed by atoms with Gasteiger partial charge < -0.3 is 15.4 Å². The third-order valence-corrected chi connectivity index (χ3v) is 3.61. The molecule has 0 radical (unpaired) electrons. The minimum absolute atomic E-state index is 0.131. The molecule has 0 saturated heterocycles. The first-order chi connectivity index (χ1) is 13.0. The number of nitrogens with one attached hydrogen (secondary N) is 2. The van der Waals surface area contributed by atoms with Crippen molar-refractivity contribution in [3.05, 3.63) is 35.4 Å². The molecule has 0 spiro atoms. The standard InChI is InChI=1S/C21H29N3O4/c1-8-24(17(25)13-22-20(27)28-21(5,6)7)18(19(26)23-14(2)3)16-12-10-9-11-15(16)4/h1,9-12,14,18H,13H2,2-7H3,(H,22,27)(H,23,26). The molecular formula is C21H29N3O4. The summed E-state index contributed by atoms with van der Waals surface area (Å²) in [6.45, 7) is 10.2. The Morgan fingerprint density at radius 3 is 2.32 bits per heavy atom. The van der Waals surface area contributed by atoms with Gasteiger partial charge in [-0.1, -0.05) is 30.7 Å². The monoisotopic (exact) mass is 387 g/mol. The van der Waals surface area contributed by atoms with E-state index in [2.05, 4.69) is 16.7 Å². The molecule has 2 N–H and O–H groups in total. The molecular weight excluding hydrogens is 358 g/mol. The van der Waals surface area contributed by atoms with Crippen LogP contribution in [-0.4, -0.2) is 41.0 Å². The Morgan fingerprint density at radius 1 is 1.21 bits per heavy atom. The Kier molecular flexibility index (Phi) is 8.05. The van der Waals surface area contributed by atoms with E-state index in [1.807, 2.05) is 32.9 Å². The largest absolute Gasteiger partial charge is 0.444 e. The van der Waals surface area contributed by atoms with Crippen molar-refractivity contribution in [2.45, 2.75) is 59.2 Å². The highest BCUT2D eigenvalue weighted by molar-refractivity contribution is 5.91. The molecule has 0 saturated carbocycles. The number of amides is 3. The topological polar surface area (TPSA) is 87.7 Å².